The van der Waals surface area contributed by atoms with Crippen molar-refractivity contribution in [1.82, 2.24) is 15.3 Å². The number of hydrogen-bond donors (Lipinski definition) is 1. The zero-order chi connectivity index (χ0) is 22.1. The van der Waals surface area contributed by atoms with Crippen LogP contribution in [0.5, 0.6) is 0 Å². The van der Waals surface area contributed by atoms with Crippen molar-refractivity contribution in [2.24, 2.45) is 0 Å². The van der Waals surface area contributed by atoms with E-state index in [1.165, 1.54) is 0 Å². The molecule has 1 aliphatic rings. The van der Waals surface area contributed by atoms with Crippen LogP contribution in [-0.2, 0) is 4.74 Å². The number of ether oxygens (including phenoxy) is 1. The number of nitrogens with one attached hydrogen (secondary N) is 1. The van der Waals surface area contributed by atoms with E-state index in [2.05, 4.69) is 15.3 Å². The SMILES string of the molecule is CC(C)(C)OC(=O)NC1CCN(c2ncc([N+](=O)[O-])c(-c3cc(F)ccc3F)n2)C1. The fraction of sp³-hybridized carbons (Fsp3) is 0.421. The summed E-state index contributed by atoms with van der Waals surface area (Å²) in [6, 6.07) is 2.41. The van der Waals surface area contributed by atoms with Crippen LogP contribution in [0, 0.1) is 21.7 Å². The molecule has 160 valence electrons. The molecule has 3 rings (SSSR count). The smallest absolute Gasteiger partial charge is 0.407 e. The topological polar surface area (TPSA) is 110 Å². The van der Waals surface area contributed by atoms with Crippen molar-refractivity contribution in [1.29, 1.82) is 0 Å². The van der Waals surface area contributed by atoms with E-state index >= 15 is 0 Å². The zero-order valence-electron chi connectivity index (χ0n) is 16.7. The molecule has 9 nitrogen and oxygen atoms in total. The highest BCUT2D eigenvalue weighted by Crippen LogP contribution is 2.32. The molecule has 1 saturated heterocycles. The van der Waals surface area contributed by atoms with Crippen molar-refractivity contribution < 1.29 is 23.2 Å². The zero-order valence-corrected chi connectivity index (χ0v) is 16.7. The second-order valence-electron chi connectivity index (χ2n) is 7.86. The average molecular weight is 421 g/mol. The van der Waals surface area contributed by atoms with E-state index in [0.717, 1.165) is 24.4 Å². The molecule has 1 unspecified atom stereocenters. The van der Waals surface area contributed by atoms with Crippen LogP contribution < -0.4 is 10.2 Å². The lowest BCUT2D eigenvalue weighted by molar-refractivity contribution is -0.384. The summed E-state index contributed by atoms with van der Waals surface area (Å²) in [7, 11) is 0. The van der Waals surface area contributed by atoms with Gasteiger partial charge in [0.1, 0.15) is 23.4 Å². The molecular formula is C19H21F2N5O4. The second-order valence-corrected chi connectivity index (χ2v) is 7.86. The lowest BCUT2D eigenvalue weighted by Gasteiger charge is -2.22. The van der Waals surface area contributed by atoms with Crippen molar-refractivity contribution in [3.8, 4) is 11.3 Å². The minimum absolute atomic E-state index is 0.118. The molecule has 1 aromatic carbocycles. The molecule has 2 aromatic rings. The van der Waals surface area contributed by atoms with Crippen molar-refractivity contribution in [3.63, 3.8) is 0 Å². The summed E-state index contributed by atoms with van der Waals surface area (Å²) >= 11 is 0. The van der Waals surface area contributed by atoms with Crippen LogP contribution in [0.3, 0.4) is 0 Å². The number of halogens is 2. The maximum atomic E-state index is 14.2. The number of carbonyl (C=O) groups excluding carboxylic acids is 1. The Bertz CT molecular complexity index is 980. The highest BCUT2D eigenvalue weighted by Gasteiger charge is 2.30. The summed E-state index contributed by atoms with van der Waals surface area (Å²) in [5.74, 6) is -1.47. The maximum absolute atomic E-state index is 14.2. The van der Waals surface area contributed by atoms with Gasteiger partial charge in [-0.05, 0) is 45.4 Å². The number of rotatable bonds is 4. The predicted molar refractivity (Wildman–Crippen MR) is 104 cm³/mol. The quantitative estimate of drug-likeness (QED) is 0.595. The van der Waals surface area contributed by atoms with Gasteiger partial charge in [0, 0.05) is 18.7 Å². The van der Waals surface area contributed by atoms with Gasteiger partial charge in [0.2, 0.25) is 5.95 Å². The first-order valence-corrected chi connectivity index (χ1v) is 9.25. The maximum Gasteiger partial charge on any atom is 0.407 e. The van der Waals surface area contributed by atoms with Crippen LogP contribution in [0.25, 0.3) is 11.3 Å². The summed E-state index contributed by atoms with van der Waals surface area (Å²) in [5, 5.41) is 14.1. The standard InChI is InChI=1S/C19H21F2N5O4/c1-19(2,3)30-18(27)23-12-6-7-25(10-12)17-22-9-15(26(28)29)16(24-17)13-8-11(20)4-5-14(13)21/h4-5,8-9,12H,6-7,10H2,1-3H3,(H,23,27). The molecule has 2 heterocycles. The Morgan fingerprint density at radius 2 is 2.10 bits per heavy atom. The Kier molecular flexibility index (Phi) is 5.81. The molecule has 1 aliphatic heterocycles. The molecule has 0 aliphatic carbocycles. The number of amides is 1. The molecule has 30 heavy (non-hydrogen) atoms. The molecule has 0 saturated carbocycles. The molecule has 1 N–H and O–H groups in total. The number of carbonyl (C=O) groups is 1. The van der Waals surface area contributed by atoms with Crippen molar-refractivity contribution in [3.05, 3.63) is 46.1 Å². The van der Waals surface area contributed by atoms with Gasteiger partial charge in [-0.3, -0.25) is 10.1 Å². The van der Waals surface area contributed by atoms with Gasteiger partial charge >= 0.3 is 11.8 Å². The summed E-state index contributed by atoms with van der Waals surface area (Å²) in [6.45, 7) is 6.06. The second kappa shape index (κ2) is 8.17. The van der Waals surface area contributed by atoms with Crippen molar-refractivity contribution in [2.75, 3.05) is 18.0 Å². The van der Waals surface area contributed by atoms with E-state index in [9.17, 15) is 23.7 Å². The lowest BCUT2D eigenvalue weighted by atomic mass is 10.1. The number of hydrogen-bond acceptors (Lipinski definition) is 7. The van der Waals surface area contributed by atoms with E-state index in [1.54, 1.807) is 25.7 Å². The number of aromatic nitrogens is 2. The Morgan fingerprint density at radius 3 is 2.77 bits per heavy atom. The highest BCUT2D eigenvalue weighted by molar-refractivity contribution is 5.71. The van der Waals surface area contributed by atoms with E-state index in [0.29, 0.717) is 19.5 Å². The van der Waals surface area contributed by atoms with E-state index in [-0.39, 0.29) is 23.2 Å². The molecular weight excluding hydrogens is 400 g/mol. The van der Waals surface area contributed by atoms with Crippen LogP contribution in [-0.4, -0.2) is 45.7 Å². The number of nitrogens with zero attached hydrogens (tertiary/aromatic N) is 4. The molecule has 0 spiro atoms. The van der Waals surface area contributed by atoms with Crippen molar-refractivity contribution >= 4 is 17.7 Å². The third-order valence-corrected chi connectivity index (χ3v) is 4.33. The van der Waals surface area contributed by atoms with E-state index in [1.807, 2.05) is 0 Å². The number of benzene rings is 1. The summed E-state index contributed by atoms with van der Waals surface area (Å²) in [6.07, 6.45) is 0.987. The van der Waals surface area contributed by atoms with Crippen LogP contribution >= 0.6 is 0 Å². The Morgan fingerprint density at radius 1 is 1.37 bits per heavy atom. The Hall–Kier alpha value is -3.37. The van der Waals surface area contributed by atoms with Gasteiger partial charge in [-0.1, -0.05) is 0 Å². The van der Waals surface area contributed by atoms with Crippen LogP contribution in [0.15, 0.2) is 24.4 Å². The summed E-state index contributed by atoms with van der Waals surface area (Å²) < 4.78 is 33.1. The largest absolute Gasteiger partial charge is 0.444 e. The first kappa shape index (κ1) is 21.3. The molecule has 1 aromatic heterocycles. The number of alkyl carbamates (subject to hydrolysis) is 1. The normalized spacial score (nSPS) is 16.4. The molecule has 0 radical (unpaired) electrons. The molecule has 1 fully saturated rings. The lowest BCUT2D eigenvalue weighted by Crippen LogP contribution is -2.40. The minimum Gasteiger partial charge on any atom is -0.444 e. The molecule has 11 heteroatoms. The third kappa shape index (κ3) is 4.97. The van der Waals surface area contributed by atoms with E-state index in [4.69, 9.17) is 4.74 Å². The third-order valence-electron chi connectivity index (χ3n) is 4.33. The Labute approximate surface area is 171 Å². The number of nitro groups is 1. The van der Waals surface area contributed by atoms with Gasteiger partial charge < -0.3 is 15.0 Å². The first-order chi connectivity index (χ1) is 14.0. The fourth-order valence-electron chi connectivity index (χ4n) is 3.06. The minimum atomic E-state index is -0.838. The Balaban J connectivity index is 1.83. The van der Waals surface area contributed by atoms with Crippen LogP contribution in [0.4, 0.5) is 25.2 Å². The molecule has 0 bridgehead atoms. The average Bonchev–Trinajstić information content (AvgIpc) is 3.09. The summed E-state index contributed by atoms with van der Waals surface area (Å²) in [4.78, 5) is 32.4. The van der Waals surface area contributed by atoms with Gasteiger partial charge in [-0.15, -0.1) is 0 Å². The summed E-state index contributed by atoms with van der Waals surface area (Å²) in [5.41, 5.74) is -1.81. The van der Waals surface area contributed by atoms with Crippen LogP contribution in [0.2, 0.25) is 0 Å². The fourth-order valence-corrected chi connectivity index (χ4v) is 3.06. The van der Waals surface area contributed by atoms with Gasteiger partial charge in [0.05, 0.1) is 11.0 Å². The van der Waals surface area contributed by atoms with Gasteiger partial charge in [-0.2, -0.15) is 0 Å². The number of anilines is 1. The predicted octanol–water partition coefficient (Wildman–Crippen LogP) is 3.43. The van der Waals surface area contributed by atoms with Crippen LogP contribution in [0.1, 0.15) is 27.2 Å². The molecule has 1 atom stereocenters. The van der Waals surface area contributed by atoms with E-state index < -0.39 is 33.9 Å². The highest BCUT2D eigenvalue weighted by atomic mass is 19.1. The first-order valence-electron chi connectivity index (χ1n) is 9.25. The molecule has 1 amide bonds. The monoisotopic (exact) mass is 421 g/mol. The van der Waals surface area contributed by atoms with Gasteiger partial charge in [-0.25, -0.2) is 23.5 Å². The van der Waals surface area contributed by atoms with Crippen molar-refractivity contribution in [2.45, 2.75) is 38.8 Å². The van der Waals surface area contributed by atoms with Gasteiger partial charge in [0.25, 0.3) is 0 Å². The van der Waals surface area contributed by atoms with Gasteiger partial charge in [0.15, 0.2) is 5.69 Å².